The van der Waals surface area contributed by atoms with Crippen LogP contribution in [0.25, 0.3) is 0 Å². The summed E-state index contributed by atoms with van der Waals surface area (Å²) in [5.74, 6) is 0.872. The second-order valence-electron chi connectivity index (χ2n) is 8.28. The van der Waals surface area contributed by atoms with Gasteiger partial charge in [-0.3, -0.25) is 0 Å². The number of nitrogens with one attached hydrogen (secondary N) is 1. The number of rotatable bonds is 5. The standard InChI is InChI=1S/C18H35N/c1-8-12-18(19-17(6,7)9-2)13-10-15(11-14-18)16(3,4)5/h8,15,19H,1,9-14H2,2-7H3. The van der Waals surface area contributed by atoms with E-state index >= 15 is 0 Å². The largest absolute Gasteiger partial charge is 0.306 e. The van der Waals surface area contributed by atoms with Crippen molar-refractivity contribution in [3.05, 3.63) is 12.7 Å². The van der Waals surface area contributed by atoms with Gasteiger partial charge in [-0.05, 0) is 63.7 Å². The Morgan fingerprint density at radius 2 is 1.68 bits per heavy atom. The molecular formula is C18H35N. The topological polar surface area (TPSA) is 12.0 Å². The predicted octanol–water partition coefficient (Wildman–Crippen LogP) is 5.32. The van der Waals surface area contributed by atoms with Crippen molar-refractivity contribution >= 4 is 0 Å². The Bertz CT molecular complexity index is 287. The lowest BCUT2D eigenvalue weighted by molar-refractivity contribution is 0.0935. The summed E-state index contributed by atoms with van der Waals surface area (Å²) >= 11 is 0. The van der Waals surface area contributed by atoms with Gasteiger partial charge >= 0.3 is 0 Å². The van der Waals surface area contributed by atoms with Gasteiger partial charge in [-0.2, -0.15) is 0 Å². The average Bonchev–Trinajstić information content (AvgIpc) is 2.28. The van der Waals surface area contributed by atoms with Gasteiger partial charge in [0.05, 0.1) is 0 Å². The molecule has 1 heteroatoms. The highest BCUT2D eigenvalue weighted by Crippen LogP contribution is 2.43. The van der Waals surface area contributed by atoms with E-state index in [1.165, 1.54) is 32.1 Å². The van der Waals surface area contributed by atoms with Crippen LogP contribution in [-0.4, -0.2) is 11.1 Å². The van der Waals surface area contributed by atoms with Crippen LogP contribution in [0, 0.1) is 11.3 Å². The van der Waals surface area contributed by atoms with Crippen LogP contribution in [0.2, 0.25) is 0 Å². The maximum absolute atomic E-state index is 3.98. The minimum Gasteiger partial charge on any atom is -0.306 e. The van der Waals surface area contributed by atoms with E-state index in [0.717, 1.165) is 12.3 Å². The van der Waals surface area contributed by atoms with Crippen LogP contribution in [0.5, 0.6) is 0 Å². The quantitative estimate of drug-likeness (QED) is 0.664. The second-order valence-corrected chi connectivity index (χ2v) is 8.28. The summed E-state index contributed by atoms with van der Waals surface area (Å²) in [4.78, 5) is 0. The van der Waals surface area contributed by atoms with Crippen LogP contribution in [-0.2, 0) is 0 Å². The van der Waals surface area contributed by atoms with Gasteiger partial charge in [0, 0.05) is 11.1 Å². The molecule has 0 radical (unpaired) electrons. The third-order valence-corrected chi connectivity index (χ3v) is 5.19. The Hall–Kier alpha value is -0.300. The molecule has 0 aromatic carbocycles. The molecule has 1 N–H and O–H groups in total. The molecule has 1 saturated carbocycles. The van der Waals surface area contributed by atoms with Gasteiger partial charge in [0.15, 0.2) is 0 Å². The molecule has 0 aromatic heterocycles. The van der Waals surface area contributed by atoms with Crippen LogP contribution in [0.15, 0.2) is 12.7 Å². The van der Waals surface area contributed by atoms with Crippen molar-refractivity contribution in [3.63, 3.8) is 0 Å². The zero-order valence-electron chi connectivity index (χ0n) is 14.1. The molecule has 1 rings (SSSR count). The third kappa shape index (κ3) is 4.63. The Labute approximate surface area is 121 Å². The summed E-state index contributed by atoms with van der Waals surface area (Å²) < 4.78 is 0. The summed E-state index contributed by atoms with van der Waals surface area (Å²) in [5.41, 5.74) is 0.987. The Morgan fingerprint density at radius 1 is 1.16 bits per heavy atom. The van der Waals surface area contributed by atoms with Crippen molar-refractivity contribution in [2.24, 2.45) is 11.3 Å². The molecule has 1 aliphatic rings. The lowest BCUT2D eigenvalue weighted by Gasteiger charge is -2.48. The molecule has 0 atom stereocenters. The molecular weight excluding hydrogens is 230 g/mol. The van der Waals surface area contributed by atoms with Gasteiger partial charge in [-0.1, -0.05) is 33.8 Å². The first-order valence-corrected chi connectivity index (χ1v) is 8.04. The van der Waals surface area contributed by atoms with Gasteiger partial charge in [0.1, 0.15) is 0 Å². The molecule has 1 aliphatic carbocycles. The minimum atomic E-state index is 0.234. The van der Waals surface area contributed by atoms with Crippen molar-refractivity contribution in [3.8, 4) is 0 Å². The average molecular weight is 265 g/mol. The SMILES string of the molecule is C=CCC1(NC(C)(C)CC)CCC(C(C)(C)C)CC1. The van der Waals surface area contributed by atoms with Crippen LogP contribution in [0.4, 0.5) is 0 Å². The minimum absolute atomic E-state index is 0.234. The molecule has 1 fully saturated rings. The highest BCUT2D eigenvalue weighted by Gasteiger charge is 2.40. The van der Waals surface area contributed by atoms with Crippen molar-refractivity contribution in [1.29, 1.82) is 0 Å². The van der Waals surface area contributed by atoms with E-state index in [1.807, 2.05) is 0 Å². The van der Waals surface area contributed by atoms with Gasteiger partial charge in [-0.25, -0.2) is 0 Å². The molecule has 112 valence electrons. The Kier molecular flexibility index (Phi) is 5.28. The fourth-order valence-electron chi connectivity index (χ4n) is 3.50. The van der Waals surface area contributed by atoms with Crippen LogP contribution >= 0.6 is 0 Å². The molecule has 1 nitrogen and oxygen atoms in total. The molecule has 0 aromatic rings. The highest BCUT2D eigenvalue weighted by atomic mass is 15.0. The van der Waals surface area contributed by atoms with E-state index in [-0.39, 0.29) is 5.54 Å². The molecule has 0 amide bonds. The summed E-state index contributed by atoms with van der Waals surface area (Å²) in [6, 6.07) is 0. The van der Waals surface area contributed by atoms with Crippen molar-refractivity contribution in [2.75, 3.05) is 0 Å². The van der Waals surface area contributed by atoms with Crippen molar-refractivity contribution in [2.45, 2.75) is 91.1 Å². The van der Waals surface area contributed by atoms with Crippen LogP contribution < -0.4 is 5.32 Å². The fourth-order valence-corrected chi connectivity index (χ4v) is 3.50. The smallest absolute Gasteiger partial charge is 0.0220 e. The van der Waals surface area contributed by atoms with E-state index in [9.17, 15) is 0 Å². The molecule has 0 heterocycles. The van der Waals surface area contributed by atoms with E-state index in [4.69, 9.17) is 0 Å². The molecule has 0 spiro atoms. The Balaban J connectivity index is 2.74. The van der Waals surface area contributed by atoms with Gasteiger partial charge in [-0.15, -0.1) is 6.58 Å². The van der Waals surface area contributed by atoms with Gasteiger partial charge in [0.2, 0.25) is 0 Å². The maximum atomic E-state index is 3.98. The fraction of sp³-hybridized carbons (Fsp3) is 0.889. The monoisotopic (exact) mass is 265 g/mol. The molecule has 0 unspecified atom stereocenters. The maximum Gasteiger partial charge on any atom is 0.0220 e. The highest BCUT2D eigenvalue weighted by molar-refractivity contribution is 5.01. The molecule has 19 heavy (non-hydrogen) atoms. The number of hydrogen-bond acceptors (Lipinski definition) is 1. The van der Waals surface area contributed by atoms with Crippen molar-refractivity contribution < 1.29 is 0 Å². The second kappa shape index (κ2) is 5.99. The zero-order chi connectivity index (χ0) is 14.7. The normalized spacial score (nSPS) is 29.3. The van der Waals surface area contributed by atoms with Gasteiger partial charge < -0.3 is 5.32 Å². The van der Waals surface area contributed by atoms with E-state index in [2.05, 4.69) is 59.5 Å². The first kappa shape index (κ1) is 16.8. The summed E-state index contributed by atoms with van der Waals surface area (Å²) in [6.45, 7) is 18.1. The molecule has 0 saturated heterocycles. The zero-order valence-corrected chi connectivity index (χ0v) is 14.1. The van der Waals surface area contributed by atoms with Crippen LogP contribution in [0.3, 0.4) is 0 Å². The molecule has 0 bridgehead atoms. The Morgan fingerprint density at radius 3 is 2.05 bits per heavy atom. The van der Waals surface area contributed by atoms with E-state index in [1.54, 1.807) is 0 Å². The first-order chi connectivity index (χ1) is 8.64. The number of hydrogen-bond donors (Lipinski definition) is 1. The summed E-state index contributed by atoms with van der Waals surface area (Å²) in [7, 11) is 0. The van der Waals surface area contributed by atoms with E-state index < -0.39 is 0 Å². The summed E-state index contributed by atoms with van der Waals surface area (Å²) in [6.07, 6.45) is 9.68. The summed E-state index contributed by atoms with van der Waals surface area (Å²) in [5, 5.41) is 3.96. The predicted molar refractivity (Wildman–Crippen MR) is 86.5 cm³/mol. The van der Waals surface area contributed by atoms with Crippen LogP contribution in [0.1, 0.15) is 80.1 Å². The lowest BCUT2D eigenvalue weighted by atomic mass is 9.66. The first-order valence-electron chi connectivity index (χ1n) is 8.04. The lowest BCUT2D eigenvalue weighted by Crippen LogP contribution is -2.56. The van der Waals surface area contributed by atoms with Crippen molar-refractivity contribution in [1.82, 2.24) is 5.32 Å². The van der Waals surface area contributed by atoms with E-state index in [0.29, 0.717) is 11.0 Å². The third-order valence-electron chi connectivity index (χ3n) is 5.19. The molecule has 0 aliphatic heterocycles. The van der Waals surface area contributed by atoms with Gasteiger partial charge in [0.25, 0.3) is 0 Å².